The van der Waals surface area contributed by atoms with Crippen LogP contribution in [0.5, 0.6) is 11.6 Å². The van der Waals surface area contributed by atoms with Gasteiger partial charge in [-0.1, -0.05) is 13.8 Å². The Morgan fingerprint density at radius 1 is 1.20 bits per heavy atom. The van der Waals surface area contributed by atoms with Gasteiger partial charge in [0.15, 0.2) is 5.75 Å². The van der Waals surface area contributed by atoms with Gasteiger partial charge in [0.25, 0.3) is 0 Å². The van der Waals surface area contributed by atoms with Gasteiger partial charge < -0.3 is 10.1 Å². The number of hydrogen-bond donors (Lipinski definition) is 1. The molecular formula is C15H20N4O. The average molecular weight is 272 g/mol. The molecule has 2 aromatic heterocycles. The van der Waals surface area contributed by atoms with E-state index in [0.29, 0.717) is 11.6 Å². The highest BCUT2D eigenvalue weighted by Gasteiger charge is 2.14. The third-order valence-corrected chi connectivity index (χ3v) is 3.04. The van der Waals surface area contributed by atoms with Gasteiger partial charge in [-0.05, 0) is 26.0 Å². The summed E-state index contributed by atoms with van der Waals surface area (Å²) < 4.78 is 5.92. The van der Waals surface area contributed by atoms with Crippen LogP contribution in [0, 0.1) is 13.8 Å². The van der Waals surface area contributed by atoms with Gasteiger partial charge in [0.05, 0.1) is 11.3 Å². The molecule has 2 rings (SSSR count). The molecule has 0 spiro atoms. The molecule has 0 radical (unpaired) electrons. The lowest BCUT2D eigenvalue weighted by atomic mass is 10.2. The van der Waals surface area contributed by atoms with Crippen LogP contribution in [0.2, 0.25) is 0 Å². The number of rotatable bonds is 4. The van der Waals surface area contributed by atoms with Crippen molar-refractivity contribution < 1.29 is 4.74 Å². The lowest BCUT2D eigenvalue weighted by Crippen LogP contribution is -2.07. The van der Waals surface area contributed by atoms with Crippen molar-refractivity contribution in [2.75, 3.05) is 12.4 Å². The quantitative estimate of drug-likeness (QED) is 0.923. The molecule has 0 aliphatic carbocycles. The van der Waals surface area contributed by atoms with E-state index in [1.54, 1.807) is 6.20 Å². The lowest BCUT2D eigenvalue weighted by Gasteiger charge is -2.14. The molecule has 0 saturated carbocycles. The third kappa shape index (κ3) is 2.87. The lowest BCUT2D eigenvalue weighted by molar-refractivity contribution is 0.447. The highest BCUT2D eigenvalue weighted by atomic mass is 16.5. The first kappa shape index (κ1) is 14.2. The molecule has 20 heavy (non-hydrogen) atoms. The van der Waals surface area contributed by atoms with Crippen molar-refractivity contribution in [1.82, 2.24) is 15.0 Å². The van der Waals surface area contributed by atoms with E-state index in [-0.39, 0.29) is 5.92 Å². The molecule has 0 bridgehead atoms. The zero-order valence-electron chi connectivity index (χ0n) is 12.6. The predicted molar refractivity (Wildman–Crippen MR) is 79.5 cm³/mol. The standard InChI is InChI=1S/C15H20N4O/c1-9(2)13-18-14(16-5)10(3)15(19-13)20-12-7-6-8-17-11(12)4/h6-9H,1-5H3,(H,16,18,19). The van der Waals surface area contributed by atoms with Crippen LogP contribution in [-0.4, -0.2) is 22.0 Å². The van der Waals surface area contributed by atoms with Crippen LogP contribution >= 0.6 is 0 Å². The van der Waals surface area contributed by atoms with Gasteiger partial charge in [-0.3, -0.25) is 4.98 Å². The number of nitrogens with zero attached hydrogens (tertiary/aromatic N) is 3. The number of nitrogens with one attached hydrogen (secondary N) is 1. The number of aryl methyl sites for hydroxylation is 1. The van der Waals surface area contributed by atoms with Gasteiger partial charge in [-0.2, -0.15) is 4.98 Å². The maximum absolute atomic E-state index is 5.92. The SMILES string of the molecule is CNc1nc(C(C)C)nc(Oc2cccnc2C)c1C. The van der Waals surface area contributed by atoms with Crippen molar-refractivity contribution >= 4 is 5.82 Å². The van der Waals surface area contributed by atoms with Gasteiger partial charge in [-0.15, -0.1) is 0 Å². The topological polar surface area (TPSA) is 59.9 Å². The van der Waals surface area contributed by atoms with Crippen LogP contribution in [0.3, 0.4) is 0 Å². The molecule has 5 nitrogen and oxygen atoms in total. The largest absolute Gasteiger partial charge is 0.437 e. The number of aromatic nitrogens is 3. The maximum Gasteiger partial charge on any atom is 0.227 e. The first-order valence-corrected chi connectivity index (χ1v) is 6.68. The van der Waals surface area contributed by atoms with E-state index in [1.807, 2.05) is 33.0 Å². The number of ether oxygens (including phenoxy) is 1. The van der Waals surface area contributed by atoms with Crippen molar-refractivity contribution in [3.8, 4) is 11.6 Å². The van der Waals surface area contributed by atoms with Crippen molar-refractivity contribution in [2.45, 2.75) is 33.6 Å². The summed E-state index contributed by atoms with van der Waals surface area (Å²) in [5.41, 5.74) is 1.72. The molecule has 0 fully saturated rings. The summed E-state index contributed by atoms with van der Waals surface area (Å²) in [6.45, 7) is 7.97. The van der Waals surface area contributed by atoms with E-state index in [4.69, 9.17) is 4.74 Å². The van der Waals surface area contributed by atoms with Crippen LogP contribution in [0.15, 0.2) is 18.3 Å². The Bertz CT molecular complexity index is 611. The second-order valence-electron chi connectivity index (χ2n) is 4.95. The summed E-state index contributed by atoms with van der Waals surface area (Å²) in [6, 6.07) is 3.74. The Hall–Kier alpha value is -2.17. The fourth-order valence-corrected chi connectivity index (χ4v) is 1.80. The number of anilines is 1. The smallest absolute Gasteiger partial charge is 0.227 e. The van der Waals surface area contributed by atoms with Gasteiger partial charge in [0.2, 0.25) is 5.88 Å². The Balaban J connectivity index is 2.45. The van der Waals surface area contributed by atoms with E-state index in [0.717, 1.165) is 22.9 Å². The number of hydrogen-bond acceptors (Lipinski definition) is 5. The fraction of sp³-hybridized carbons (Fsp3) is 0.400. The molecule has 0 atom stereocenters. The van der Waals surface area contributed by atoms with E-state index in [1.165, 1.54) is 0 Å². The molecular weight excluding hydrogens is 252 g/mol. The summed E-state index contributed by atoms with van der Waals surface area (Å²) in [6.07, 6.45) is 1.74. The highest BCUT2D eigenvalue weighted by molar-refractivity contribution is 5.49. The minimum Gasteiger partial charge on any atom is -0.437 e. The highest BCUT2D eigenvalue weighted by Crippen LogP contribution is 2.29. The van der Waals surface area contributed by atoms with Crippen molar-refractivity contribution in [3.05, 3.63) is 35.4 Å². The van der Waals surface area contributed by atoms with Crippen LogP contribution in [0.1, 0.15) is 36.8 Å². The van der Waals surface area contributed by atoms with E-state index in [9.17, 15) is 0 Å². The molecule has 0 aliphatic rings. The second-order valence-corrected chi connectivity index (χ2v) is 4.95. The summed E-state index contributed by atoms with van der Waals surface area (Å²) in [5, 5.41) is 3.08. The molecule has 5 heteroatoms. The van der Waals surface area contributed by atoms with E-state index in [2.05, 4.69) is 34.1 Å². The van der Waals surface area contributed by atoms with Crippen molar-refractivity contribution in [1.29, 1.82) is 0 Å². The van der Waals surface area contributed by atoms with Gasteiger partial charge in [-0.25, -0.2) is 4.98 Å². The normalized spacial score (nSPS) is 10.7. The monoisotopic (exact) mass is 272 g/mol. The first-order chi connectivity index (χ1) is 9.52. The molecule has 0 aromatic carbocycles. The average Bonchev–Trinajstić information content (AvgIpc) is 2.43. The molecule has 0 aliphatic heterocycles. The minimum atomic E-state index is 0.236. The summed E-state index contributed by atoms with van der Waals surface area (Å²) in [4.78, 5) is 13.2. The molecule has 1 N–H and O–H groups in total. The Labute approximate surface area is 119 Å². The zero-order valence-corrected chi connectivity index (χ0v) is 12.6. The third-order valence-electron chi connectivity index (χ3n) is 3.04. The first-order valence-electron chi connectivity index (χ1n) is 6.68. The van der Waals surface area contributed by atoms with Crippen molar-refractivity contribution in [3.63, 3.8) is 0 Å². The molecule has 106 valence electrons. The predicted octanol–water partition coefficient (Wildman–Crippen LogP) is 3.45. The molecule has 0 saturated heterocycles. The summed E-state index contributed by atoms with van der Waals surface area (Å²) in [5.74, 6) is 3.08. The van der Waals surface area contributed by atoms with Crippen LogP contribution in [0.25, 0.3) is 0 Å². The molecule has 0 amide bonds. The van der Waals surface area contributed by atoms with Gasteiger partial charge in [0, 0.05) is 19.2 Å². The Morgan fingerprint density at radius 3 is 2.55 bits per heavy atom. The summed E-state index contributed by atoms with van der Waals surface area (Å²) in [7, 11) is 1.85. The maximum atomic E-state index is 5.92. The number of pyridine rings is 1. The van der Waals surface area contributed by atoms with Crippen LogP contribution < -0.4 is 10.1 Å². The molecule has 2 aromatic rings. The fourth-order valence-electron chi connectivity index (χ4n) is 1.80. The van der Waals surface area contributed by atoms with Gasteiger partial charge in [0.1, 0.15) is 11.6 Å². The van der Waals surface area contributed by atoms with E-state index >= 15 is 0 Å². The Morgan fingerprint density at radius 2 is 1.95 bits per heavy atom. The minimum absolute atomic E-state index is 0.236. The van der Waals surface area contributed by atoms with Crippen molar-refractivity contribution in [2.24, 2.45) is 0 Å². The molecule has 0 unspecified atom stereocenters. The van der Waals surface area contributed by atoms with E-state index < -0.39 is 0 Å². The van der Waals surface area contributed by atoms with Crippen LogP contribution in [-0.2, 0) is 0 Å². The summed E-state index contributed by atoms with van der Waals surface area (Å²) >= 11 is 0. The second kappa shape index (κ2) is 5.86. The zero-order chi connectivity index (χ0) is 14.7. The van der Waals surface area contributed by atoms with Gasteiger partial charge >= 0.3 is 0 Å². The van der Waals surface area contributed by atoms with Crippen LogP contribution in [0.4, 0.5) is 5.82 Å². The Kier molecular flexibility index (Phi) is 4.17. The molecule has 2 heterocycles.